The van der Waals surface area contributed by atoms with Crippen LogP contribution in [0.25, 0.3) is 0 Å². The van der Waals surface area contributed by atoms with Gasteiger partial charge >= 0.3 is 5.69 Å². The molecule has 2 saturated carbocycles. The normalized spacial score (nSPS) is 39.1. The molecule has 2 aliphatic rings. The van der Waals surface area contributed by atoms with Crippen LogP contribution in [0, 0.1) is 12.8 Å². The Hall–Kier alpha value is -1.40. The second-order valence-electron chi connectivity index (χ2n) is 5.10. The van der Waals surface area contributed by atoms with E-state index < -0.39 is 23.0 Å². The van der Waals surface area contributed by atoms with Crippen LogP contribution >= 0.6 is 0 Å². The van der Waals surface area contributed by atoms with Gasteiger partial charge in [-0.1, -0.05) is 0 Å². The van der Waals surface area contributed by atoms with E-state index in [0.29, 0.717) is 18.4 Å². The smallest absolute Gasteiger partial charge is 0.328 e. The summed E-state index contributed by atoms with van der Waals surface area (Å²) in [7, 11) is 0. The monoisotopic (exact) mass is 238 g/mol. The summed E-state index contributed by atoms with van der Waals surface area (Å²) < 4.78 is 1.43. The van der Waals surface area contributed by atoms with Crippen LogP contribution in [0.4, 0.5) is 0 Å². The van der Waals surface area contributed by atoms with Crippen molar-refractivity contribution >= 4 is 0 Å². The molecule has 1 unspecified atom stereocenters. The molecule has 1 heterocycles. The maximum Gasteiger partial charge on any atom is 0.328 e. The Kier molecular flexibility index (Phi) is 1.95. The molecule has 3 N–H and O–H groups in total. The number of rotatable bonds is 1. The molecule has 6 nitrogen and oxygen atoms in total. The van der Waals surface area contributed by atoms with E-state index in [-0.39, 0.29) is 12.0 Å². The van der Waals surface area contributed by atoms with Gasteiger partial charge in [-0.05, 0) is 19.8 Å². The van der Waals surface area contributed by atoms with Gasteiger partial charge in [0.05, 0.1) is 11.7 Å². The van der Waals surface area contributed by atoms with Gasteiger partial charge < -0.3 is 10.2 Å². The van der Waals surface area contributed by atoms with E-state index in [1.807, 2.05) is 0 Å². The fourth-order valence-electron chi connectivity index (χ4n) is 2.88. The first-order chi connectivity index (χ1) is 7.93. The van der Waals surface area contributed by atoms with Gasteiger partial charge in [0, 0.05) is 23.7 Å². The third kappa shape index (κ3) is 1.34. The lowest BCUT2D eigenvalue weighted by Crippen LogP contribution is -2.33. The third-order valence-corrected chi connectivity index (χ3v) is 4.04. The number of aryl methyl sites for hydroxylation is 1. The first-order valence-electron chi connectivity index (χ1n) is 5.66. The Labute approximate surface area is 96.5 Å². The minimum absolute atomic E-state index is 0.0829. The van der Waals surface area contributed by atoms with E-state index in [2.05, 4.69) is 4.98 Å². The van der Waals surface area contributed by atoms with Crippen LogP contribution in [0.3, 0.4) is 0 Å². The van der Waals surface area contributed by atoms with Crippen molar-refractivity contribution in [3.63, 3.8) is 0 Å². The number of aromatic amines is 1. The number of nitrogens with one attached hydrogen (secondary N) is 1. The largest absolute Gasteiger partial charge is 0.390 e. The Balaban J connectivity index is 2.05. The van der Waals surface area contributed by atoms with Crippen molar-refractivity contribution in [2.24, 2.45) is 5.92 Å². The van der Waals surface area contributed by atoms with Crippen molar-refractivity contribution in [2.45, 2.75) is 37.5 Å². The summed E-state index contributed by atoms with van der Waals surface area (Å²) in [5.41, 5.74) is -1.44. The van der Waals surface area contributed by atoms with Crippen molar-refractivity contribution < 1.29 is 10.2 Å². The van der Waals surface area contributed by atoms with Gasteiger partial charge in [-0.15, -0.1) is 0 Å². The molecule has 1 aromatic rings. The second-order valence-corrected chi connectivity index (χ2v) is 5.10. The molecule has 2 aliphatic carbocycles. The van der Waals surface area contributed by atoms with Crippen molar-refractivity contribution in [1.82, 2.24) is 9.55 Å². The highest BCUT2D eigenvalue weighted by molar-refractivity contribution is 5.19. The van der Waals surface area contributed by atoms with Gasteiger partial charge in [0.1, 0.15) is 0 Å². The van der Waals surface area contributed by atoms with Crippen LogP contribution in [-0.2, 0) is 0 Å². The van der Waals surface area contributed by atoms with Crippen LogP contribution in [0.15, 0.2) is 15.8 Å². The average molecular weight is 238 g/mol. The zero-order valence-corrected chi connectivity index (χ0v) is 9.38. The minimum atomic E-state index is -1.02. The number of hydrogen-bond donors (Lipinski definition) is 3. The molecule has 0 saturated heterocycles. The fraction of sp³-hybridized carbons (Fsp3) is 0.636. The summed E-state index contributed by atoms with van der Waals surface area (Å²) in [4.78, 5) is 25.2. The second kappa shape index (κ2) is 3.08. The molecule has 2 fully saturated rings. The molecule has 0 aliphatic heterocycles. The average Bonchev–Trinajstić information content (AvgIpc) is 2.88. The predicted octanol–water partition coefficient (Wildman–Crippen LogP) is -1.10. The van der Waals surface area contributed by atoms with Gasteiger partial charge in [-0.3, -0.25) is 14.3 Å². The molecular weight excluding hydrogens is 224 g/mol. The van der Waals surface area contributed by atoms with Crippen molar-refractivity contribution in [3.8, 4) is 0 Å². The van der Waals surface area contributed by atoms with Crippen molar-refractivity contribution in [3.05, 3.63) is 32.6 Å². The van der Waals surface area contributed by atoms with E-state index in [1.165, 1.54) is 10.8 Å². The molecule has 0 amide bonds. The topological polar surface area (TPSA) is 95.3 Å². The minimum Gasteiger partial charge on any atom is -0.390 e. The highest BCUT2D eigenvalue weighted by Crippen LogP contribution is 2.60. The summed E-state index contributed by atoms with van der Waals surface area (Å²) >= 11 is 0. The Bertz CT molecular complexity index is 590. The number of fused-ring (bicyclic) bond motifs is 1. The summed E-state index contributed by atoms with van der Waals surface area (Å²) in [5, 5.41) is 19.7. The van der Waals surface area contributed by atoms with Gasteiger partial charge in [0.15, 0.2) is 0 Å². The van der Waals surface area contributed by atoms with Crippen LogP contribution in [0.2, 0.25) is 0 Å². The lowest BCUT2D eigenvalue weighted by Gasteiger charge is -2.16. The summed E-state index contributed by atoms with van der Waals surface area (Å²) in [6.45, 7) is 1.62. The number of H-pyrrole nitrogens is 1. The van der Waals surface area contributed by atoms with E-state index in [0.717, 1.165) is 0 Å². The molecule has 4 atom stereocenters. The standard InChI is InChI=1S/C11H14N2O4/c1-5-4-13(10(16)12-9(5)15)7-2-8(14)11(17)3-6(7)11/h4,6-8,14,17H,2-3H2,1H3,(H,12,15,16)/t6?,7-,8-,11+/m0/s1. The van der Waals surface area contributed by atoms with Crippen LogP contribution in [0.1, 0.15) is 24.4 Å². The molecule has 0 spiro atoms. The number of aliphatic hydroxyl groups excluding tert-OH is 1. The molecule has 17 heavy (non-hydrogen) atoms. The summed E-state index contributed by atoms with van der Waals surface area (Å²) in [6.07, 6.45) is 1.59. The highest BCUT2D eigenvalue weighted by Gasteiger charge is 2.67. The molecule has 0 radical (unpaired) electrons. The third-order valence-electron chi connectivity index (χ3n) is 4.04. The zero-order chi connectivity index (χ0) is 12.4. The van der Waals surface area contributed by atoms with Crippen molar-refractivity contribution in [1.29, 1.82) is 0 Å². The van der Waals surface area contributed by atoms with E-state index in [9.17, 15) is 19.8 Å². The molecular formula is C11H14N2O4. The Morgan fingerprint density at radius 2 is 2.24 bits per heavy atom. The predicted molar refractivity (Wildman–Crippen MR) is 58.8 cm³/mol. The Morgan fingerprint density at radius 3 is 2.76 bits per heavy atom. The van der Waals surface area contributed by atoms with Gasteiger partial charge in [0.25, 0.3) is 5.56 Å². The number of aliphatic hydroxyl groups is 2. The number of nitrogens with zero attached hydrogens (tertiary/aromatic N) is 1. The lowest BCUT2D eigenvalue weighted by atomic mass is 10.1. The molecule has 92 valence electrons. The molecule has 0 aromatic carbocycles. The highest BCUT2D eigenvalue weighted by atomic mass is 16.4. The first kappa shape index (κ1) is 10.7. The van der Waals surface area contributed by atoms with Gasteiger partial charge in [-0.25, -0.2) is 4.79 Å². The first-order valence-corrected chi connectivity index (χ1v) is 5.66. The fourth-order valence-corrected chi connectivity index (χ4v) is 2.88. The molecule has 6 heteroatoms. The van der Waals surface area contributed by atoms with Crippen molar-refractivity contribution in [2.75, 3.05) is 0 Å². The van der Waals surface area contributed by atoms with E-state index in [4.69, 9.17) is 0 Å². The summed E-state index contributed by atoms with van der Waals surface area (Å²) in [5.74, 6) is -0.0829. The number of aromatic nitrogens is 2. The van der Waals surface area contributed by atoms with Gasteiger partial charge in [0.2, 0.25) is 0 Å². The number of hydrogen-bond acceptors (Lipinski definition) is 4. The van der Waals surface area contributed by atoms with E-state index in [1.54, 1.807) is 6.92 Å². The maximum absolute atomic E-state index is 11.7. The maximum atomic E-state index is 11.7. The van der Waals surface area contributed by atoms with Crippen LogP contribution in [-0.4, -0.2) is 31.5 Å². The molecule has 3 rings (SSSR count). The van der Waals surface area contributed by atoms with Crippen LogP contribution < -0.4 is 11.2 Å². The molecule has 1 aromatic heterocycles. The quantitative estimate of drug-likeness (QED) is 0.579. The Morgan fingerprint density at radius 1 is 1.53 bits per heavy atom. The van der Waals surface area contributed by atoms with E-state index >= 15 is 0 Å². The van der Waals surface area contributed by atoms with Crippen LogP contribution in [0.5, 0.6) is 0 Å². The SMILES string of the molecule is Cc1cn([C@H]2C[C@H](O)[C@@]3(O)CC23)c(=O)[nH]c1=O. The summed E-state index contributed by atoms with van der Waals surface area (Å²) in [6, 6.07) is -0.224. The zero-order valence-electron chi connectivity index (χ0n) is 9.38. The van der Waals surface area contributed by atoms with Gasteiger partial charge in [-0.2, -0.15) is 0 Å². The molecule has 0 bridgehead atoms. The lowest BCUT2D eigenvalue weighted by molar-refractivity contribution is 0.00902.